The molecule has 0 unspecified atom stereocenters. The van der Waals surface area contributed by atoms with Gasteiger partial charge in [-0.1, -0.05) is 0 Å². The fourth-order valence-corrected chi connectivity index (χ4v) is 1.81. The van der Waals surface area contributed by atoms with E-state index in [-0.39, 0.29) is 23.5 Å². The van der Waals surface area contributed by atoms with Crippen molar-refractivity contribution in [3.63, 3.8) is 0 Å². The van der Waals surface area contributed by atoms with Crippen LogP contribution in [0.4, 0.5) is 18.9 Å². The molecule has 0 atom stereocenters. The fraction of sp³-hybridized carbons (Fsp3) is 0.364. The number of nitrogens with one attached hydrogen (secondary N) is 1. The zero-order chi connectivity index (χ0) is 14.7. The predicted molar refractivity (Wildman–Crippen MR) is 64.4 cm³/mol. The minimum atomic E-state index is -4.51. The zero-order valence-corrected chi connectivity index (χ0v) is 10.8. The van der Waals surface area contributed by atoms with E-state index >= 15 is 0 Å². The van der Waals surface area contributed by atoms with Crippen molar-refractivity contribution in [3.8, 4) is 6.07 Å². The van der Waals surface area contributed by atoms with Crippen molar-refractivity contribution >= 4 is 15.5 Å². The van der Waals surface area contributed by atoms with Crippen LogP contribution in [0.25, 0.3) is 0 Å². The van der Waals surface area contributed by atoms with E-state index in [0.29, 0.717) is 0 Å². The first-order valence-electron chi connectivity index (χ1n) is 5.16. The molecule has 0 saturated heterocycles. The van der Waals surface area contributed by atoms with E-state index in [9.17, 15) is 21.6 Å². The van der Waals surface area contributed by atoms with Crippen LogP contribution in [0.15, 0.2) is 18.2 Å². The van der Waals surface area contributed by atoms with Gasteiger partial charge >= 0.3 is 6.18 Å². The molecule has 0 aromatic heterocycles. The Balaban J connectivity index is 2.95. The first-order valence-corrected chi connectivity index (χ1v) is 7.22. The highest BCUT2D eigenvalue weighted by Gasteiger charge is 2.31. The lowest BCUT2D eigenvalue weighted by Crippen LogP contribution is -2.15. The summed E-state index contributed by atoms with van der Waals surface area (Å²) in [5.74, 6) is -0.228. The molecule has 0 aliphatic rings. The molecule has 0 aliphatic carbocycles. The highest BCUT2D eigenvalue weighted by atomic mass is 32.2. The smallest absolute Gasteiger partial charge is 0.383 e. The minimum Gasteiger partial charge on any atom is -0.383 e. The summed E-state index contributed by atoms with van der Waals surface area (Å²) in [4.78, 5) is 0. The summed E-state index contributed by atoms with van der Waals surface area (Å²) in [6.07, 6.45) is -3.49. The van der Waals surface area contributed by atoms with Gasteiger partial charge in [0.25, 0.3) is 0 Å². The molecule has 0 spiro atoms. The Bertz CT molecular complexity index is 603. The van der Waals surface area contributed by atoms with Gasteiger partial charge in [-0.05, 0) is 18.2 Å². The molecule has 1 aromatic rings. The standard InChI is InChI=1S/C11H11F3N2O2S/c1-19(17,18)5-4-16-10-6-9(11(12,13)14)3-2-8(10)7-15/h2-3,6,16H,4-5H2,1H3. The maximum absolute atomic E-state index is 12.5. The van der Waals surface area contributed by atoms with Gasteiger partial charge in [0, 0.05) is 12.8 Å². The molecule has 0 radical (unpaired) electrons. The van der Waals surface area contributed by atoms with Gasteiger partial charge in [-0.15, -0.1) is 0 Å². The van der Waals surface area contributed by atoms with E-state index in [1.807, 2.05) is 0 Å². The summed E-state index contributed by atoms with van der Waals surface area (Å²) in [6, 6.07) is 4.39. The minimum absolute atomic E-state index is 0.0269. The van der Waals surface area contributed by atoms with Crippen molar-refractivity contribution in [1.29, 1.82) is 5.26 Å². The zero-order valence-electron chi connectivity index (χ0n) is 9.95. The Kier molecular flexibility index (Phi) is 4.42. The number of rotatable bonds is 4. The second-order valence-electron chi connectivity index (χ2n) is 3.93. The molecule has 104 valence electrons. The average molecular weight is 292 g/mol. The SMILES string of the molecule is CS(=O)(=O)CCNc1cc(C(F)(F)F)ccc1C#N. The largest absolute Gasteiger partial charge is 0.416 e. The van der Waals surface area contributed by atoms with Crippen LogP contribution >= 0.6 is 0 Å². The Labute approximate surface area is 108 Å². The van der Waals surface area contributed by atoms with Gasteiger partial charge in [0.1, 0.15) is 15.9 Å². The summed E-state index contributed by atoms with van der Waals surface area (Å²) in [5, 5.41) is 11.3. The monoisotopic (exact) mass is 292 g/mol. The highest BCUT2D eigenvalue weighted by Crippen LogP contribution is 2.31. The second kappa shape index (κ2) is 5.48. The van der Waals surface area contributed by atoms with Gasteiger partial charge in [-0.2, -0.15) is 18.4 Å². The van der Waals surface area contributed by atoms with Crippen LogP contribution in [-0.2, 0) is 16.0 Å². The quantitative estimate of drug-likeness (QED) is 0.922. The molecule has 19 heavy (non-hydrogen) atoms. The normalized spacial score (nSPS) is 11.9. The third kappa shape index (κ3) is 4.79. The summed E-state index contributed by atoms with van der Waals surface area (Å²) in [5.41, 5.74) is -0.893. The van der Waals surface area contributed by atoms with E-state index in [0.717, 1.165) is 24.5 Å². The van der Waals surface area contributed by atoms with Crippen LogP contribution in [0, 0.1) is 11.3 Å². The lowest BCUT2D eigenvalue weighted by Gasteiger charge is -2.11. The van der Waals surface area contributed by atoms with E-state index in [1.165, 1.54) is 0 Å². The highest BCUT2D eigenvalue weighted by molar-refractivity contribution is 7.90. The van der Waals surface area contributed by atoms with Crippen LogP contribution in [0.2, 0.25) is 0 Å². The molecular formula is C11H11F3N2O2S. The Hall–Kier alpha value is -1.75. The molecular weight excluding hydrogens is 281 g/mol. The number of anilines is 1. The Morgan fingerprint density at radius 3 is 2.47 bits per heavy atom. The van der Waals surface area contributed by atoms with Crippen molar-refractivity contribution in [2.24, 2.45) is 0 Å². The Morgan fingerprint density at radius 2 is 2.00 bits per heavy atom. The van der Waals surface area contributed by atoms with Gasteiger partial charge in [0.2, 0.25) is 0 Å². The first kappa shape index (κ1) is 15.3. The third-order valence-electron chi connectivity index (χ3n) is 2.26. The molecule has 1 N–H and O–H groups in total. The van der Waals surface area contributed by atoms with Crippen LogP contribution < -0.4 is 5.32 Å². The van der Waals surface area contributed by atoms with E-state index < -0.39 is 21.6 Å². The number of nitrogens with zero attached hydrogens (tertiary/aromatic N) is 1. The molecule has 1 aromatic carbocycles. The number of hydrogen-bond acceptors (Lipinski definition) is 4. The van der Waals surface area contributed by atoms with Crippen LogP contribution in [0.1, 0.15) is 11.1 Å². The lowest BCUT2D eigenvalue weighted by atomic mass is 10.1. The van der Waals surface area contributed by atoms with E-state index in [2.05, 4.69) is 5.32 Å². The maximum Gasteiger partial charge on any atom is 0.416 e. The van der Waals surface area contributed by atoms with Gasteiger partial charge in [-0.3, -0.25) is 0 Å². The maximum atomic E-state index is 12.5. The summed E-state index contributed by atoms with van der Waals surface area (Å²) < 4.78 is 59.4. The fourth-order valence-electron chi connectivity index (χ4n) is 1.34. The topological polar surface area (TPSA) is 70.0 Å². The second-order valence-corrected chi connectivity index (χ2v) is 6.19. The number of nitriles is 1. The summed E-state index contributed by atoms with van der Waals surface area (Å²) >= 11 is 0. The molecule has 0 heterocycles. The number of sulfone groups is 1. The van der Waals surface area contributed by atoms with Crippen molar-refractivity contribution < 1.29 is 21.6 Å². The molecule has 0 bridgehead atoms. The van der Waals surface area contributed by atoms with Gasteiger partial charge in [0.15, 0.2) is 0 Å². The van der Waals surface area contributed by atoms with Gasteiger partial charge in [-0.25, -0.2) is 8.42 Å². The lowest BCUT2D eigenvalue weighted by molar-refractivity contribution is -0.137. The Morgan fingerprint density at radius 1 is 1.37 bits per heavy atom. The van der Waals surface area contributed by atoms with Crippen LogP contribution in [0.3, 0.4) is 0 Å². The molecule has 1 rings (SSSR count). The number of halogens is 3. The predicted octanol–water partition coefficient (Wildman–Crippen LogP) is 2.03. The van der Waals surface area contributed by atoms with Crippen molar-refractivity contribution in [3.05, 3.63) is 29.3 Å². The van der Waals surface area contributed by atoms with E-state index in [4.69, 9.17) is 5.26 Å². The van der Waals surface area contributed by atoms with Crippen molar-refractivity contribution in [2.45, 2.75) is 6.18 Å². The third-order valence-corrected chi connectivity index (χ3v) is 3.20. The first-order chi connectivity index (χ1) is 8.63. The van der Waals surface area contributed by atoms with Crippen molar-refractivity contribution in [1.82, 2.24) is 0 Å². The molecule has 0 amide bonds. The molecule has 0 saturated carbocycles. The number of benzene rings is 1. The number of hydrogen-bond donors (Lipinski definition) is 1. The summed E-state index contributed by atoms with van der Waals surface area (Å²) in [6.45, 7) is -0.0607. The molecule has 0 fully saturated rings. The average Bonchev–Trinajstić information content (AvgIpc) is 2.26. The summed E-state index contributed by atoms with van der Waals surface area (Å²) in [7, 11) is -3.22. The molecule has 4 nitrogen and oxygen atoms in total. The van der Waals surface area contributed by atoms with Crippen LogP contribution in [-0.4, -0.2) is 27.0 Å². The molecule has 8 heteroatoms. The van der Waals surface area contributed by atoms with Crippen molar-refractivity contribution in [2.75, 3.05) is 23.9 Å². The van der Waals surface area contributed by atoms with Gasteiger partial charge in [0.05, 0.1) is 22.6 Å². The molecule has 0 aliphatic heterocycles. The van der Waals surface area contributed by atoms with Gasteiger partial charge < -0.3 is 5.32 Å². The van der Waals surface area contributed by atoms with E-state index in [1.54, 1.807) is 6.07 Å². The number of alkyl halides is 3. The van der Waals surface area contributed by atoms with Crippen LogP contribution in [0.5, 0.6) is 0 Å².